The maximum atomic E-state index is 12.8. The summed E-state index contributed by atoms with van der Waals surface area (Å²) in [6.07, 6.45) is -2.81. The number of hydrogen-bond acceptors (Lipinski definition) is 2. The van der Waals surface area contributed by atoms with Crippen molar-refractivity contribution in [2.45, 2.75) is 31.2 Å². The van der Waals surface area contributed by atoms with Gasteiger partial charge in [0.25, 0.3) is 5.91 Å². The number of amides is 1. The molecule has 0 atom stereocenters. The Morgan fingerprint density at radius 1 is 1.50 bits per heavy atom. The lowest BCUT2D eigenvalue weighted by Crippen LogP contribution is -2.49. The summed E-state index contributed by atoms with van der Waals surface area (Å²) in [6.45, 7) is -0.0239. The third kappa shape index (κ3) is 2.84. The van der Waals surface area contributed by atoms with Gasteiger partial charge in [0.15, 0.2) is 0 Å². The van der Waals surface area contributed by atoms with Gasteiger partial charge in [0.05, 0.1) is 6.61 Å². The second kappa shape index (κ2) is 4.99. The highest BCUT2D eigenvalue weighted by Gasteiger charge is 2.53. The van der Waals surface area contributed by atoms with Gasteiger partial charge in [0.1, 0.15) is 0 Å². The molecular weight excluding hydrogens is 230 g/mol. The molecule has 1 saturated carbocycles. The van der Waals surface area contributed by atoms with Crippen molar-refractivity contribution in [3.8, 4) is 0 Å². The standard InChI is InChI=1S/C9H13F4NO2/c1-16-5-4-14(6-2-3-6)8(15)9(12,13)7(10)11/h6-7H,2-5H2,1H3. The Bertz CT molecular complexity index is 256. The highest BCUT2D eigenvalue weighted by molar-refractivity contribution is 5.84. The highest BCUT2D eigenvalue weighted by Crippen LogP contribution is 2.32. The summed E-state index contributed by atoms with van der Waals surface area (Å²) in [4.78, 5) is 12.0. The van der Waals surface area contributed by atoms with E-state index in [1.54, 1.807) is 0 Å². The number of carbonyl (C=O) groups excluding carboxylic acids is 1. The molecule has 7 heteroatoms. The van der Waals surface area contributed by atoms with Crippen LogP contribution >= 0.6 is 0 Å². The largest absolute Gasteiger partial charge is 0.383 e. The first-order chi connectivity index (χ1) is 7.41. The molecule has 0 spiro atoms. The molecule has 0 aromatic rings. The van der Waals surface area contributed by atoms with Gasteiger partial charge in [0.2, 0.25) is 0 Å². The first-order valence-corrected chi connectivity index (χ1v) is 4.87. The molecule has 94 valence electrons. The molecule has 0 heterocycles. The van der Waals surface area contributed by atoms with Crippen LogP contribution in [0.3, 0.4) is 0 Å². The third-order valence-electron chi connectivity index (χ3n) is 2.34. The van der Waals surface area contributed by atoms with Crippen molar-refractivity contribution in [1.82, 2.24) is 4.90 Å². The zero-order valence-corrected chi connectivity index (χ0v) is 8.76. The molecule has 1 aliphatic carbocycles. The van der Waals surface area contributed by atoms with E-state index in [0.717, 1.165) is 4.90 Å². The van der Waals surface area contributed by atoms with Crippen molar-refractivity contribution < 1.29 is 27.1 Å². The number of hydrogen-bond donors (Lipinski definition) is 0. The van der Waals surface area contributed by atoms with Crippen molar-refractivity contribution in [2.75, 3.05) is 20.3 Å². The Hall–Kier alpha value is -0.850. The summed E-state index contributed by atoms with van der Waals surface area (Å²) in [5.74, 6) is -6.40. The summed E-state index contributed by atoms with van der Waals surface area (Å²) in [7, 11) is 1.35. The van der Waals surface area contributed by atoms with E-state index in [1.165, 1.54) is 7.11 Å². The fourth-order valence-electron chi connectivity index (χ4n) is 1.31. The predicted molar refractivity (Wildman–Crippen MR) is 47.6 cm³/mol. The van der Waals surface area contributed by atoms with E-state index in [4.69, 9.17) is 0 Å². The Morgan fingerprint density at radius 3 is 2.44 bits per heavy atom. The molecule has 1 aliphatic rings. The lowest BCUT2D eigenvalue weighted by atomic mass is 10.3. The van der Waals surface area contributed by atoms with Gasteiger partial charge in [-0.3, -0.25) is 4.79 Å². The molecule has 0 saturated heterocycles. The molecule has 3 nitrogen and oxygen atoms in total. The van der Waals surface area contributed by atoms with Gasteiger partial charge in [0, 0.05) is 19.7 Å². The molecule has 0 bridgehead atoms. The number of methoxy groups -OCH3 is 1. The van der Waals surface area contributed by atoms with Gasteiger partial charge in [-0.25, -0.2) is 8.78 Å². The van der Waals surface area contributed by atoms with E-state index in [-0.39, 0.29) is 19.2 Å². The number of halogens is 4. The normalized spacial score (nSPS) is 16.6. The highest BCUT2D eigenvalue weighted by atomic mass is 19.3. The van der Waals surface area contributed by atoms with Crippen LogP contribution in [0.1, 0.15) is 12.8 Å². The molecule has 0 aromatic heterocycles. The van der Waals surface area contributed by atoms with Crippen molar-refractivity contribution in [1.29, 1.82) is 0 Å². The van der Waals surface area contributed by atoms with E-state index in [1.807, 2.05) is 0 Å². The van der Waals surface area contributed by atoms with Crippen LogP contribution in [0, 0.1) is 0 Å². The first kappa shape index (κ1) is 13.2. The summed E-state index contributed by atoms with van der Waals surface area (Å²) in [6, 6.07) is -0.340. The number of rotatable bonds is 6. The minimum atomic E-state index is -4.60. The van der Waals surface area contributed by atoms with Crippen LogP contribution in [0.5, 0.6) is 0 Å². The topological polar surface area (TPSA) is 29.5 Å². The molecule has 0 aromatic carbocycles. The van der Waals surface area contributed by atoms with E-state index in [2.05, 4.69) is 4.74 Å². The summed E-state index contributed by atoms with van der Waals surface area (Å²) >= 11 is 0. The van der Waals surface area contributed by atoms with Crippen LogP contribution in [0.25, 0.3) is 0 Å². The lowest BCUT2D eigenvalue weighted by Gasteiger charge is -2.26. The van der Waals surface area contributed by atoms with Crippen molar-refractivity contribution in [3.63, 3.8) is 0 Å². The number of nitrogens with zero attached hydrogens (tertiary/aromatic N) is 1. The molecule has 1 fully saturated rings. The summed E-state index contributed by atoms with van der Waals surface area (Å²) in [5.41, 5.74) is 0. The Morgan fingerprint density at radius 2 is 2.06 bits per heavy atom. The smallest absolute Gasteiger partial charge is 0.383 e. The first-order valence-electron chi connectivity index (χ1n) is 4.87. The molecule has 16 heavy (non-hydrogen) atoms. The van der Waals surface area contributed by atoms with Crippen molar-refractivity contribution in [2.24, 2.45) is 0 Å². The zero-order chi connectivity index (χ0) is 12.3. The average Bonchev–Trinajstić information content (AvgIpc) is 3.01. The second-order valence-electron chi connectivity index (χ2n) is 3.65. The molecule has 0 radical (unpaired) electrons. The van der Waals surface area contributed by atoms with Crippen molar-refractivity contribution >= 4 is 5.91 Å². The van der Waals surface area contributed by atoms with Gasteiger partial charge in [-0.15, -0.1) is 0 Å². The number of carbonyl (C=O) groups is 1. The fraction of sp³-hybridized carbons (Fsp3) is 0.889. The Kier molecular flexibility index (Phi) is 4.12. The van der Waals surface area contributed by atoms with Crippen LogP contribution in [0.4, 0.5) is 17.6 Å². The van der Waals surface area contributed by atoms with Crippen LogP contribution < -0.4 is 0 Å². The number of alkyl halides is 4. The third-order valence-corrected chi connectivity index (χ3v) is 2.34. The fourth-order valence-corrected chi connectivity index (χ4v) is 1.31. The monoisotopic (exact) mass is 243 g/mol. The quantitative estimate of drug-likeness (QED) is 0.662. The summed E-state index contributed by atoms with van der Waals surface area (Å²) < 4.78 is 54.3. The summed E-state index contributed by atoms with van der Waals surface area (Å²) in [5, 5.41) is 0. The molecule has 1 amide bonds. The van der Waals surface area contributed by atoms with Gasteiger partial charge in [-0.1, -0.05) is 0 Å². The molecule has 0 N–H and O–H groups in total. The Labute approximate surface area is 90.3 Å². The maximum Gasteiger partial charge on any atom is 0.383 e. The van der Waals surface area contributed by atoms with Crippen LogP contribution in [0.15, 0.2) is 0 Å². The average molecular weight is 243 g/mol. The molecule has 1 rings (SSSR count). The number of ether oxygens (including phenoxy) is 1. The van der Waals surface area contributed by atoms with Gasteiger partial charge >= 0.3 is 12.3 Å². The van der Waals surface area contributed by atoms with E-state index >= 15 is 0 Å². The SMILES string of the molecule is COCCN(C(=O)C(F)(F)C(F)F)C1CC1. The van der Waals surface area contributed by atoms with Crippen LogP contribution in [-0.4, -0.2) is 49.5 Å². The zero-order valence-electron chi connectivity index (χ0n) is 8.76. The van der Waals surface area contributed by atoms with E-state index < -0.39 is 18.3 Å². The minimum absolute atomic E-state index is 0.0571. The maximum absolute atomic E-state index is 12.8. The minimum Gasteiger partial charge on any atom is -0.383 e. The van der Waals surface area contributed by atoms with E-state index in [9.17, 15) is 22.4 Å². The Balaban J connectivity index is 2.66. The van der Waals surface area contributed by atoms with Gasteiger partial charge in [-0.05, 0) is 12.8 Å². The predicted octanol–water partition coefficient (Wildman–Crippen LogP) is 1.52. The molecular formula is C9H13F4NO2. The lowest BCUT2D eigenvalue weighted by molar-refractivity contribution is -0.181. The molecule has 0 unspecified atom stereocenters. The van der Waals surface area contributed by atoms with Gasteiger partial charge in [-0.2, -0.15) is 8.78 Å². The van der Waals surface area contributed by atoms with Gasteiger partial charge < -0.3 is 9.64 Å². The second-order valence-corrected chi connectivity index (χ2v) is 3.65. The molecule has 0 aliphatic heterocycles. The van der Waals surface area contributed by atoms with E-state index in [0.29, 0.717) is 12.8 Å². The van der Waals surface area contributed by atoms with Crippen LogP contribution in [-0.2, 0) is 9.53 Å². The van der Waals surface area contributed by atoms with Crippen LogP contribution in [0.2, 0.25) is 0 Å². The van der Waals surface area contributed by atoms with Crippen molar-refractivity contribution in [3.05, 3.63) is 0 Å².